The van der Waals surface area contributed by atoms with Crippen LogP contribution in [0.3, 0.4) is 0 Å². The zero-order chi connectivity index (χ0) is 18.3. The predicted molar refractivity (Wildman–Crippen MR) is 88.2 cm³/mol. The summed E-state index contributed by atoms with van der Waals surface area (Å²) < 4.78 is 36.7. The Morgan fingerprint density at radius 2 is 1.84 bits per heavy atom. The topological polar surface area (TPSA) is 71.1 Å². The average Bonchev–Trinajstić information content (AvgIpc) is 2.55. The van der Waals surface area contributed by atoms with Crippen LogP contribution in [0.1, 0.15) is 16.8 Å². The molecule has 0 aliphatic rings. The summed E-state index contributed by atoms with van der Waals surface area (Å²) in [4.78, 5) is 27.5. The highest BCUT2D eigenvalue weighted by Crippen LogP contribution is 2.36. The molecule has 2 aromatic rings. The number of nitrogens with zero attached hydrogens (tertiary/aromatic N) is 1. The Bertz CT molecular complexity index is 722. The van der Waals surface area contributed by atoms with Crippen molar-refractivity contribution in [3.8, 4) is 0 Å². The fourth-order valence-corrected chi connectivity index (χ4v) is 2.40. The fourth-order valence-electron chi connectivity index (χ4n) is 1.86. The largest absolute Gasteiger partial charge is 0.446 e. The number of alkyl halides is 3. The van der Waals surface area contributed by atoms with Crippen molar-refractivity contribution in [1.82, 2.24) is 10.3 Å². The van der Waals surface area contributed by atoms with Crippen LogP contribution in [0.4, 0.5) is 18.9 Å². The van der Waals surface area contributed by atoms with E-state index in [-0.39, 0.29) is 41.1 Å². The van der Waals surface area contributed by atoms with Gasteiger partial charge in [0.05, 0.1) is 11.9 Å². The molecule has 2 amide bonds. The van der Waals surface area contributed by atoms with E-state index >= 15 is 0 Å². The van der Waals surface area contributed by atoms with Crippen LogP contribution in [-0.2, 0) is 4.79 Å². The van der Waals surface area contributed by atoms with Gasteiger partial charge in [0, 0.05) is 29.6 Å². The molecule has 1 aromatic carbocycles. The third kappa shape index (κ3) is 6.84. The van der Waals surface area contributed by atoms with Gasteiger partial charge in [-0.25, -0.2) is 0 Å². The van der Waals surface area contributed by atoms with Gasteiger partial charge in [0.25, 0.3) is 5.91 Å². The summed E-state index contributed by atoms with van der Waals surface area (Å²) in [7, 11) is 0. The smallest absolute Gasteiger partial charge is 0.352 e. The summed E-state index contributed by atoms with van der Waals surface area (Å²) in [5.41, 5.74) is -3.60. The van der Waals surface area contributed by atoms with Gasteiger partial charge in [-0.1, -0.05) is 0 Å². The van der Waals surface area contributed by atoms with E-state index in [9.17, 15) is 22.8 Å². The van der Waals surface area contributed by atoms with Gasteiger partial charge in [0.2, 0.25) is 5.91 Å². The van der Waals surface area contributed by atoms with E-state index in [2.05, 4.69) is 15.6 Å². The number of carbonyl (C=O) groups excluding carboxylic acids is 2. The SMILES string of the molecule is O=C(CCNC(=O)c1ccc(SC(F)(F)F)cc1)Nc1cccnc1. The maximum absolute atomic E-state index is 12.2. The molecule has 132 valence electrons. The second kappa shape index (κ2) is 8.52. The molecule has 1 aromatic heterocycles. The lowest BCUT2D eigenvalue weighted by molar-refractivity contribution is -0.116. The maximum atomic E-state index is 12.2. The first-order valence-corrected chi connectivity index (χ1v) is 7.99. The number of amides is 2. The molecule has 0 atom stereocenters. The molecule has 0 saturated heterocycles. The number of carbonyl (C=O) groups is 2. The van der Waals surface area contributed by atoms with E-state index in [1.54, 1.807) is 18.3 Å². The maximum Gasteiger partial charge on any atom is 0.446 e. The lowest BCUT2D eigenvalue weighted by Gasteiger charge is -2.08. The minimum Gasteiger partial charge on any atom is -0.352 e. The van der Waals surface area contributed by atoms with Gasteiger partial charge in [-0.3, -0.25) is 14.6 Å². The molecule has 2 rings (SSSR count). The molecular formula is C16H14F3N3O2S. The molecule has 2 N–H and O–H groups in total. The Balaban J connectivity index is 1.77. The van der Waals surface area contributed by atoms with E-state index in [0.29, 0.717) is 5.69 Å². The average molecular weight is 369 g/mol. The summed E-state index contributed by atoms with van der Waals surface area (Å²) in [6, 6.07) is 8.42. The van der Waals surface area contributed by atoms with E-state index in [1.807, 2.05) is 0 Å². The molecule has 5 nitrogen and oxygen atoms in total. The number of pyridine rings is 1. The van der Waals surface area contributed by atoms with Crippen LogP contribution >= 0.6 is 11.8 Å². The lowest BCUT2D eigenvalue weighted by Crippen LogP contribution is -2.27. The van der Waals surface area contributed by atoms with Gasteiger partial charge >= 0.3 is 5.51 Å². The molecule has 0 aliphatic carbocycles. The summed E-state index contributed by atoms with van der Waals surface area (Å²) in [5, 5.41) is 5.16. The van der Waals surface area contributed by atoms with Gasteiger partial charge < -0.3 is 10.6 Å². The molecule has 0 saturated carbocycles. The minimum absolute atomic E-state index is 0.0000941. The number of rotatable bonds is 6. The normalized spacial score (nSPS) is 11.0. The number of benzene rings is 1. The molecule has 0 spiro atoms. The predicted octanol–water partition coefficient (Wildman–Crippen LogP) is 3.45. The standard InChI is InChI=1S/C16H14F3N3O2S/c17-16(18,19)25-13-5-3-11(4-6-13)15(24)21-9-7-14(23)22-12-2-1-8-20-10-12/h1-6,8,10H,7,9H2,(H,21,24)(H,22,23). The number of anilines is 1. The van der Waals surface area contributed by atoms with E-state index < -0.39 is 11.4 Å². The summed E-state index contributed by atoms with van der Waals surface area (Å²) in [5.74, 6) is -0.747. The molecule has 0 aliphatic heterocycles. The van der Waals surface area contributed by atoms with Crippen LogP contribution in [0, 0.1) is 0 Å². The third-order valence-corrected chi connectivity index (χ3v) is 3.67. The van der Waals surface area contributed by atoms with Gasteiger partial charge in [-0.05, 0) is 48.2 Å². The highest BCUT2D eigenvalue weighted by atomic mass is 32.2. The summed E-state index contributed by atoms with van der Waals surface area (Å²) in [6.45, 7) is 0.101. The van der Waals surface area contributed by atoms with Gasteiger partial charge in [-0.2, -0.15) is 13.2 Å². The van der Waals surface area contributed by atoms with Crippen molar-refractivity contribution in [1.29, 1.82) is 0 Å². The van der Waals surface area contributed by atoms with Crippen molar-refractivity contribution in [2.45, 2.75) is 16.8 Å². The number of halogens is 3. The van der Waals surface area contributed by atoms with Crippen molar-refractivity contribution in [2.75, 3.05) is 11.9 Å². The first-order valence-electron chi connectivity index (χ1n) is 7.17. The highest BCUT2D eigenvalue weighted by molar-refractivity contribution is 8.00. The van der Waals surface area contributed by atoms with Gasteiger partial charge in [-0.15, -0.1) is 0 Å². The first kappa shape index (κ1) is 18.8. The van der Waals surface area contributed by atoms with Crippen LogP contribution in [0.5, 0.6) is 0 Å². The van der Waals surface area contributed by atoms with Gasteiger partial charge in [0.15, 0.2) is 0 Å². The second-order valence-corrected chi connectivity index (χ2v) is 6.01. The van der Waals surface area contributed by atoms with Crippen molar-refractivity contribution in [3.05, 3.63) is 54.4 Å². The van der Waals surface area contributed by atoms with Crippen LogP contribution in [0.2, 0.25) is 0 Å². The van der Waals surface area contributed by atoms with Crippen LogP contribution in [0.15, 0.2) is 53.7 Å². The molecular weight excluding hydrogens is 355 g/mol. The number of aromatic nitrogens is 1. The van der Waals surface area contributed by atoms with Crippen molar-refractivity contribution in [3.63, 3.8) is 0 Å². The zero-order valence-corrected chi connectivity index (χ0v) is 13.7. The fraction of sp³-hybridized carbons (Fsp3) is 0.188. The van der Waals surface area contributed by atoms with Crippen LogP contribution in [0.25, 0.3) is 0 Å². The number of hydrogen-bond donors (Lipinski definition) is 2. The molecule has 0 unspecified atom stereocenters. The van der Waals surface area contributed by atoms with Crippen LogP contribution < -0.4 is 10.6 Å². The summed E-state index contributed by atoms with van der Waals surface area (Å²) in [6.07, 6.45) is 3.13. The molecule has 1 heterocycles. The van der Waals surface area contributed by atoms with Crippen molar-refractivity contribution in [2.24, 2.45) is 0 Å². The number of nitrogens with one attached hydrogen (secondary N) is 2. The van der Waals surface area contributed by atoms with Crippen molar-refractivity contribution >= 4 is 29.3 Å². The highest BCUT2D eigenvalue weighted by Gasteiger charge is 2.29. The Morgan fingerprint density at radius 3 is 2.44 bits per heavy atom. The Kier molecular flexibility index (Phi) is 6.40. The van der Waals surface area contributed by atoms with E-state index in [1.165, 1.54) is 30.5 Å². The minimum atomic E-state index is -4.37. The monoisotopic (exact) mass is 369 g/mol. The van der Waals surface area contributed by atoms with Crippen LogP contribution in [-0.4, -0.2) is 28.9 Å². The number of thioether (sulfide) groups is 1. The molecule has 0 fully saturated rings. The van der Waals surface area contributed by atoms with Gasteiger partial charge in [0.1, 0.15) is 0 Å². The van der Waals surface area contributed by atoms with E-state index in [4.69, 9.17) is 0 Å². The second-order valence-electron chi connectivity index (χ2n) is 4.87. The Labute approximate surface area is 146 Å². The Morgan fingerprint density at radius 1 is 1.12 bits per heavy atom. The van der Waals surface area contributed by atoms with Crippen molar-refractivity contribution < 1.29 is 22.8 Å². The lowest BCUT2D eigenvalue weighted by atomic mass is 10.2. The quantitative estimate of drug-likeness (QED) is 0.765. The third-order valence-electron chi connectivity index (χ3n) is 2.93. The molecule has 25 heavy (non-hydrogen) atoms. The summed E-state index contributed by atoms with van der Waals surface area (Å²) >= 11 is -0.246. The Hall–Kier alpha value is -2.55. The molecule has 9 heteroatoms. The number of hydrogen-bond acceptors (Lipinski definition) is 4. The molecule has 0 radical (unpaired) electrons. The first-order chi connectivity index (χ1) is 11.8. The molecule has 0 bridgehead atoms. The van der Waals surface area contributed by atoms with E-state index in [0.717, 1.165) is 0 Å². The zero-order valence-electron chi connectivity index (χ0n) is 12.8.